The number of amides is 1. The summed E-state index contributed by atoms with van der Waals surface area (Å²) in [5, 5.41) is 0. The van der Waals surface area contributed by atoms with E-state index in [4.69, 9.17) is 9.47 Å². The summed E-state index contributed by atoms with van der Waals surface area (Å²) in [6, 6.07) is 6.53. The normalized spacial score (nSPS) is 21.6. The van der Waals surface area contributed by atoms with Crippen molar-refractivity contribution in [3.8, 4) is 0 Å². The fourth-order valence-electron chi connectivity index (χ4n) is 4.21. The molecule has 2 aliphatic rings. The van der Waals surface area contributed by atoms with Gasteiger partial charge in [-0.05, 0) is 58.2 Å². The first kappa shape index (κ1) is 20.2. The van der Waals surface area contributed by atoms with Gasteiger partial charge in [-0.2, -0.15) is 0 Å². The maximum Gasteiger partial charge on any atom is 0.414 e. The van der Waals surface area contributed by atoms with Crippen molar-refractivity contribution < 1.29 is 19.1 Å². The lowest BCUT2D eigenvalue weighted by Crippen LogP contribution is -2.40. The molecule has 152 valence electrons. The zero-order valence-corrected chi connectivity index (χ0v) is 17.2. The van der Waals surface area contributed by atoms with Crippen LogP contribution in [0.5, 0.6) is 0 Å². The molecule has 0 bridgehead atoms. The molecule has 0 aromatic heterocycles. The summed E-state index contributed by atoms with van der Waals surface area (Å²) in [6.07, 6.45) is 3.28. The number of rotatable bonds is 4. The van der Waals surface area contributed by atoms with Crippen molar-refractivity contribution >= 4 is 17.7 Å². The minimum absolute atomic E-state index is 0.158. The van der Waals surface area contributed by atoms with E-state index in [0.717, 1.165) is 18.5 Å². The Hall–Kier alpha value is -2.50. The number of allylic oxidation sites excluding steroid dienone is 2. The number of anilines is 1. The minimum atomic E-state index is -0.297. The second kappa shape index (κ2) is 8.67. The van der Waals surface area contributed by atoms with E-state index >= 15 is 0 Å². The topological polar surface area (TPSA) is 59.1 Å². The lowest BCUT2D eigenvalue weighted by Gasteiger charge is -2.29. The molecule has 2 atom stereocenters. The van der Waals surface area contributed by atoms with E-state index in [-0.39, 0.29) is 30.6 Å². The predicted molar refractivity (Wildman–Crippen MR) is 108 cm³/mol. The number of carbonyl (C=O) groups is 2. The third-order valence-corrected chi connectivity index (χ3v) is 5.62. The van der Waals surface area contributed by atoms with Crippen LogP contribution in [-0.2, 0) is 14.3 Å². The van der Waals surface area contributed by atoms with Crippen LogP contribution in [0.1, 0.15) is 50.7 Å². The maximum atomic E-state index is 12.6. The van der Waals surface area contributed by atoms with E-state index in [9.17, 15) is 9.59 Å². The first-order chi connectivity index (χ1) is 13.4. The number of benzene rings is 1. The number of carbonyl (C=O) groups excluding carboxylic acids is 2. The third kappa shape index (κ3) is 4.16. The van der Waals surface area contributed by atoms with Crippen molar-refractivity contribution in [1.29, 1.82) is 0 Å². The van der Waals surface area contributed by atoms with Gasteiger partial charge < -0.3 is 19.3 Å². The number of nitrogens with zero attached hydrogens (tertiary/aromatic N) is 2. The van der Waals surface area contributed by atoms with E-state index in [1.165, 1.54) is 11.1 Å². The zero-order valence-electron chi connectivity index (χ0n) is 17.2. The van der Waals surface area contributed by atoms with Gasteiger partial charge in [-0.15, -0.1) is 0 Å². The van der Waals surface area contributed by atoms with Crippen LogP contribution in [0, 0.1) is 6.92 Å². The monoisotopic (exact) mass is 386 g/mol. The van der Waals surface area contributed by atoms with Crippen molar-refractivity contribution in [2.24, 2.45) is 0 Å². The molecule has 1 fully saturated rings. The van der Waals surface area contributed by atoms with E-state index in [2.05, 4.69) is 30.0 Å². The molecule has 1 saturated heterocycles. The van der Waals surface area contributed by atoms with E-state index < -0.39 is 0 Å². The fourth-order valence-corrected chi connectivity index (χ4v) is 4.21. The highest BCUT2D eigenvalue weighted by molar-refractivity contribution is 5.78. The molecule has 3 rings (SSSR count). The van der Waals surface area contributed by atoms with Gasteiger partial charge in [-0.3, -0.25) is 4.79 Å². The van der Waals surface area contributed by atoms with Crippen LogP contribution < -0.4 is 4.90 Å². The molecule has 1 amide bonds. The van der Waals surface area contributed by atoms with Gasteiger partial charge in [0.2, 0.25) is 0 Å². The van der Waals surface area contributed by atoms with Gasteiger partial charge in [0.25, 0.3) is 0 Å². The molecule has 28 heavy (non-hydrogen) atoms. The Balaban J connectivity index is 1.87. The molecule has 0 radical (unpaired) electrons. The predicted octanol–water partition coefficient (Wildman–Crippen LogP) is 3.99. The quantitative estimate of drug-likeness (QED) is 0.578. The van der Waals surface area contributed by atoms with Crippen molar-refractivity contribution in [2.45, 2.75) is 52.5 Å². The van der Waals surface area contributed by atoms with Crippen LogP contribution in [-0.4, -0.2) is 49.2 Å². The lowest BCUT2D eigenvalue weighted by molar-refractivity contribution is -0.141. The highest BCUT2D eigenvalue weighted by Gasteiger charge is 2.42. The molecule has 6 heteroatoms. The van der Waals surface area contributed by atoms with Crippen LogP contribution in [0.4, 0.5) is 10.5 Å². The Bertz CT molecular complexity index is 774. The summed E-state index contributed by atoms with van der Waals surface area (Å²) in [5.41, 5.74) is 3.46. The second-order valence-corrected chi connectivity index (χ2v) is 7.52. The van der Waals surface area contributed by atoms with Crippen LogP contribution >= 0.6 is 0 Å². The summed E-state index contributed by atoms with van der Waals surface area (Å²) < 4.78 is 10.6. The first-order valence-electron chi connectivity index (χ1n) is 10.1. The van der Waals surface area contributed by atoms with Crippen LogP contribution in [0.3, 0.4) is 0 Å². The number of esters is 1. The average molecular weight is 386 g/mol. The molecule has 0 saturated carbocycles. The highest BCUT2D eigenvalue weighted by Crippen LogP contribution is 2.44. The SMILES string of the molecule is C/C=C(\C)OC(=O)N1CCC[C@H]2[C@@H](C1)c1cc(C)ccc1N2CC(=O)OCC. The Labute approximate surface area is 167 Å². The fraction of sp³-hybridized carbons (Fsp3) is 0.545. The molecule has 6 nitrogen and oxygen atoms in total. The van der Waals surface area contributed by atoms with Gasteiger partial charge in [-0.1, -0.05) is 17.7 Å². The standard InChI is InChI=1S/C22H30N2O4/c1-5-16(4)28-22(26)23-11-7-8-19-18(13-23)17-12-15(3)9-10-20(17)24(19)14-21(25)27-6-2/h5,9-10,12,18-19H,6-8,11,13-14H2,1-4H3/b16-5+/t18-,19-/m0/s1. The van der Waals surface area contributed by atoms with Crippen molar-refractivity contribution in [3.63, 3.8) is 0 Å². The van der Waals surface area contributed by atoms with E-state index in [0.29, 0.717) is 25.5 Å². The first-order valence-corrected chi connectivity index (χ1v) is 10.1. The second-order valence-electron chi connectivity index (χ2n) is 7.52. The molecule has 2 aliphatic heterocycles. The minimum Gasteiger partial charge on any atom is -0.465 e. The van der Waals surface area contributed by atoms with Gasteiger partial charge in [0, 0.05) is 30.7 Å². The summed E-state index contributed by atoms with van der Waals surface area (Å²) >= 11 is 0. The number of fused-ring (bicyclic) bond motifs is 3. The Kier molecular flexibility index (Phi) is 6.27. The molecular formula is C22H30N2O4. The summed E-state index contributed by atoms with van der Waals surface area (Å²) in [5.74, 6) is 0.557. The smallest absolute Gasteiger partial charge is 0.414 e. The average Bonchev–Trinajstić information content (AvgIpc) is 2.82. The van der Waals surface area contributed by atoms with Crippen LogP contribution in [0.15, 0.2) is 30.0 Å². The highest BCUT2D eigenvalue weighted by atomic mass is 16.6. The zero-order chi connectivity index (χ0) is 20.3. The van der Waals surface area contributed by atoms with Gasteiger partial charge in [0.1, 0.15) is 12.3 Å². The van der Waals surface area contributed by atoms with Gasteiger partial charge in [0.05, 0.1) is 6.61 Å². The van der Waals surface area contributed by atoms with E-state index in [1.54, 1.807) is 17.9 Å². The number of hydrogen-bond acceptors (Lipinski definition) is 5. The Morgan fingerprint density at radius 3 is 2.82 bits per heavy atom. The molecule has 1 aromatic carbocycles. The van der Waals surface area contributed by atoms with Crippen LogP contribution in [0.25, 0.3) is 0 Å². The van der Waals surface area contributed by atoms with Crippen molar-refractivity contribution in [2.75, 3.05) is 31.1 Å². The maximum absolute atomic E-state index is 12.6. The molecule has 0 N–H and O–H groups in total. The number of ether oxygens (including phenoxy) is 2. The van der Waals surface area contributed by atoms with Gasteiger partial charge in [-0.25, -0.2) is 4.79 Å². The molecule has 2 heterocycles. The summed E-state index contributed by atoms with van der Waals surface area (Å²) in [6.45, 7) is 9.41. The molecule has 0 unspecified atom stereocenters. The van der Waals surface area contributed by atoms with Crippen molar-refractivity contribution in [3.05, 3.63) is 41.2 Å². The molecule has 0 spiro atoms. The number of hydrogen-bond donors (Lipinski definition) is 0. The summed E-state index contributed by atoms with van der Waals surface area (Å²) in [4.78, 5) is 28.8. The molecule has 1 aromatic rings. The third-order valence-electron chi connectivity index (χ3n) is 5.62. The molecular weight excluding hydrogens is 356 g/mol. The Morgan fingerprint density at radius 1 is 1.32 bits per heavy atom. The van der Waals surface area contributed by atoms with Gasteiger partial charge in [0.15, 0.2) is 0 Å². The molecule has 0 aliphatic carbocycles. The number of aryl methyl sites for hydroxylation is 1. The summed E-state index contributed by atoms with van der Waals surface area (Å²) in [7, 11) is 0. The lowest BCUT2D eigenvalue weighted by atomic mass is 9.92. The van der Waals surface area contributed by atoms with Crippen LogP contribution in [0.2, 0.25) is 0 Å². The van der Waals surface area contributed by atoms with Crippen molar-refractivity contribution in [1.82, 2.24) is 4.90 Å². The van der Waals surface area contributed by atoms with Gasteiger partial charge >= 0.3 is 12.1 Å². The largest absolute Gasteiger partial charge is 0.465 e. The number of likely N-dealkylation sites (tertiary alicyclic amines) is 1. The Morgan fingerprint density at radius 2 is 2.11 bits per heavy atom. The van der Waals surface area contributed by atoms with E-state index in [1.807, 2.05) is 13.8 Å².